The number of halogens is 1. The predicted molar refractivity (Wildman–Crippen MR) is 69.0 cm³/mol. The Morgan fingerprint density at radius 3 is 2.39 bits per heavy atom. The Kier molecular flexibility index (Phi) is 6.00. The van der Waals surface area contributed by atoms with Crippen molar-refractivity contribution in [3.8, 4) is 0 Å². The zero-order valence-electron chi connectivity index (χ0n) is 10.1. The predicted octanol–water partition coefficient (Wildman–Crippen LogP) is -0.654. The number of hydrogen-bond donors (Lipinski definition) is 1. The smallest absolute Gasteiger partial charge is 0.296 e. The van der Waals surface area contributed by atoms with Gasteiger partial charge in [0.05, 0.1) is 4.92 Å². The van der Waals surface area contributed by atoms with Crippen LogP contribution in [-0.2, 0) is 0 Å². The van der Waals surface area contributed by atoms with Gasteiger partial charge in [-0.25, -0.2) is 0 Å². The maximum atomic E-state index is 10.1. The summed E-state index contributed by atoms with van der Waals surface area (Å²) in [5.74, 6) is 0. The van der Waals surface area contributed by atoms with Crippen molar-refractivity contribution < 1.29 is 27.5 Å². The quantitative estimate of drug-likeness (QED) is 0.412. The number of nitro benzene ring substituents is 1. The molecule has 0 heterocycles. The summed E-state index contributed by atoms with van der Waals surface area (Å²) >= 11 is 2.02. The molecule has 0 spiro atoms. The van der Waals surface area contributed by atoms with E-state index in [1.54, 1.807) is 12.1 Å². The highest BCUT2D eigenvalue weighted by atomic mass is 127. The molecule has 5 heteroatoms. The molecule has 1 aliphatic carbocycles. The lowest BCUT2D eigenvalue weighted by atomic mass is 10.1. The maximum absolute atomic E-state index is 10.1. The minimum Gasteiger partial charge on any atom is -0.324 e. The first-order chi connectivity index (χ1) is 8.49. The zero-order valence-corrected chi connectivity index (χ0v) is 12.4. The van der Waals surface area contributed by atoms with Crippen LogP contribution >= 0.6 is 0 Å². The largest absolute Gasteiger partial charge is 0.324 e. The molecular weight excluding hydrogens is 343 g/mol. The van der Waals surface area contributed by atoms with Gasteiger partial charge in [0, 0.05) is 18.2 Å². The summed E-state index contributed by atoms with van der Waals surface area (Å²) in [6, 6.07) is 6.70. The standard InChI is InChI=1S/C7H7NO2.C6H9IN/c1-6-2-4-7(5-3-6)8(9)10;7-5-1-3-6(8)4-2-5/h2-5H,1H3;1-3,6-7H,4,8H2/q;+1. The highest BCUT2D eigenvalue weighted by molar-refractivity contribution is 5.32. The summed E-state index contributed by atoms with van der Waals surface area (Å²) in [6.07, 6.45) is 7.27. The first-order valence-corrected chi connectivity index (χ1v) is 6.67. The first-order valence-electron chi connectivity index (χ1n) is 5.51. The van der Waals surface area contributed by atoms with Crippen LogP contribution in [-0.4, -0.2) is 11.0 Å². The third-order valence-corrected chi connectivity index (χ3v) is 3.21. The summed E-state index contributed by atoms with van der Waals surface area (Å²) in [6.45, 7) is 1.89. The van der Waals surface area contributed by atoms with Gasteiger partial charge in [-0.1, -0.05) is 23.8 Å². The van der Waals surface area contributed by atoms with Gasteiger partial charge in [-0.3, -0.25) is 10.1 Å². The van der Waals surface area contributed by atoms with Crippen molar-refractivity contribution in [2.24, 2.45) is 5.73 Å². The van der Waals surface area contributed by atoms with Crippen molar-refractivity contribution in [1.29, 1.82) is 0 Å². The van der Waals surface area contributed by atoms with Crippen LogP contribution in [0.4, 0.5) is 5.69 Å². The van der Waals surface area contributed by atoms with Crippen molar-refractivity contribution in [3.63, 3.8) is 0 Å². The van der Waals surface area contributed by atoms with E-state index in [0.29, 0.717) is 0 Å². The van der Waals surface area contributed by atoms with E-state index in [2.05, 4.69) is 12.2 Å². The van der Waals surface area contributed by atoms with E-state index in [0.717, 1.165) is 12.0 Å². The Morgan fingerprint density at radius 2 is 2.00 bits per heavy atom. The van der Waals surface area contributed by atoms with Crippen LogP contribution in [0.2, 0.25) is 0 Å². The lowest BCUT2D eigenvalue weighted by Gasteiger charge is -2.02. The van der Waals surface area contributed by atoms with Gasteiger partial charge in [0.2, 0.25) is 0 Å². The number of aryl methyl sites for hydroxylation is 1. The fourth-order valence-electron chi connectivity index (χ4n) is 1.28. The SMILES string of the molecule is Cc1ccc([N+](=O)[O-])cc1.NC1C=CC([IH+])=CC1. The van der Waals surface area contributed by atoms with Gasteiger partial charge in [-0.05, 0) is 25.5 Å². The molecule has 96 valence electrons. The molecule has 1 aliphatic rings. The Hall–Kier alpha value is -1.21. The Balaban J connectivity index is 0.000000184. The van der Waals surface area contributed by atoms with Gasteiger partial charge < -0.3 is 5.73 Å². The van der Waals surface area contributed by atoms with E-state index < -0.39 is 4.92 Å². The fourth-order valence-corrected chi connectivity index (χ4v) is 1.78. The Labute approximate surface area is 120 Å². The molecule has 0 bridgehead atoms. The summed E-state index contributed by atoms with van der Waals surface area (Å²) in [7, 11) is 0. The molecule has 0 aromatic heterocycles. The second-order valence-corrected chi connectivity index (χ2v) is 5.30. The number of benzene rings is 1. The molecule has 2 rings (SSSR count). The molecule has 1 atom stereocenters. The minimum absolute atomic E-state index is 0.144. The second kappa shape index (κ2) is 7.27. The average molecular weight is 359 g/mol. The van der Waals surface area contributed by atoms with Gasteiger partial charge in [-0.2, -0.15) is 0 Å². The molecule has 1 unspecified atom stereocenters. The van der Waals surface area contributed by atoms with Gasteiger partial charge >= 0.3 is 0 Å². The Bertz CT molecular complexity index is 466. The summed E-state index contributed by atoms with van der Waals surface area (Å²) in [5, 5.41) is 10.1. The van der Waals surface area contributed by atoms with Crippen molar-refractivity contribution in [1.82, 2.24) is 0 Å². The normalized spacial score (nSPS) is 17.5. The van der Waals surface area contributed by atoms with Gasteiger partial charge in [0.1, 0.15) is 0 Å². The average Bonchev–Trinajstić information content (AvgIpc) is 2.34. The molecule has 0 radical (unpaired) electrons. The van der Waals surface area contributed by atoms with Crippen molar-refractivity contribution in [3.05, 3.63) is 61.8 Å². The fraction of sp³-hybridized carbons (Fsp3) is 0.231. The maximum Gasteiger partial charge on any atom is 0.296 e. The molecule has 0 amide bonds. The molecule has 0 aliphatic heterocycles. The third kappa shape index (κ3) is 5.42. The van der Waals surface area contributed by atoms with Crippen LogP contribution < -0.4 is 28.3 Å². The summed E-state index contributed by atoms with van der Waals surface area (Å²) in [5.41, 5.74) is 6.74. The zero-order chi connectivity index (χ0) is 13.5. The number of nitrogens with zero attached hydrogens (tertiary/aromatic N) is 1. The van der Waals surface area contributed by atoms with Gasteiger partial charge in [0.15, 0.2) is 3.58 Å². The van der Waals surface area contributed by atoms with Crippen molar-refractivity contribution >= 4 is 5.69 Å². The molecule has 2 N–H and O–H groups in total. The van der Waals surface area contributed by atoms with Crippen LogP contribution in [0.25, 0.3) is 0 Å². The van der Waals surface area contributed by atoms with Crippen molar-refractivity contribution in [2.75, 3.05) is 0 Å². The highest BCUT2D eigenvalue weighted by Crippen LogP contribution is 2.10. The van der Waals surface area contributed by atoms with Gasteiger partial charge in [-0.15, -0.1) is 0 Å². The van der Waals surface area contributed by atoms with E-state index in [1.165, 1.54) is 15.7 Å². The molecule has 4 nitrogen and oxygen atoms in total. The number of rotatable bonds is 1. The monoisotopic (exact) mass is 359 g/mol. The Morgan fingerprint density at radius 1 is 1.39 bits per heavy atom. The van der Waals surface area contributed by atoms with Crippen LogP contribution in [0.5, 0.6) is 0 Å². The van der Waals surface area contributed by atoms with Crippen LogP contribution in [0.15, 0.2) is 46.1 Å². The number of nitro groups is 1. The van der Waals surface area contributed by atoms with Gasteiger partial charge in [0.25, 0.3) is 28.3 Å². The molecule has 0 fully saturated rings. The molecule has 0 saturated heterocycles. The van der Waals surface area contributed by atoms with E-state index in [1.807, 2.05) is 35.6 Å². The molecule has 1 aromatic rings. The number of non-ortho nitro benzene ring substituents is 1. The first kappa shape index (κ1) is 14.8. The summed E-state index contributed by atoms with van der Waals surface area (Å²) in [4.78, 5) is 9.71. The molecular formula is C13H16IN2O2+. The second-order valence-electron chi connectivity index (χ2n) is 3.96. The highest BCUT2D eigenvalue weighted by Gasteiger charge is 2.04. The van der Waals surface area contributed by atoms with Crippen molar-refractivity contribution in [2.45, 2.75) is 19.4 Å². The minimum atomic E-state index is -0.403. The molecule has 1 aromatic carbocycles. The van der Waals surface area contributed by atoms with Crippen LogP contribution in [0, 0.1) is 17.0 Å². The van der Waals surface area contributed by atoms with Crippen LogP contribution in [0.3, 0.4) is 0 Å². The lowest BCUT2D eigenvalue weighted by Crippen LogP contribution is -3.33. The molecule has 18 heavy (non-hydrogen) atoms. The number of nitrogens with two attached hydrogens (primary N) is 1. The molecule has 0 saturated carbocycles. The van der Waals surface area contributed by atoms with Crippen LogP contribution in [0.1, 0.15) is 12.0 Å². The lowest BCUT2D eigenvalue weighted by molar-refractivity contribution is -0.384. The van der Waals surface area contributed by atoms with E-state index >= 15 is 0 Å². The van der Waals surface area contributed by atoms with E-state index in [9.17, 15) is 10.1 Å². The van der Waals surface area contributed by atoms with E-state index in [4.69, 9.17) is 5.73 Å². The number of hydrogen-bond acceptors (Lipinski definition) is 3. The summed E-state index contributed by atoms with van der Waals surface area (Å²) < 4.78 is 1.34. The third-order valence-electron chi connectivity index (χ3n) is 2.34. The topological polar surface area (TPSA) is 69.2 Å². The number of allylic oxidation sites excluding steroid dienone is 2. The van der Waals surface area contributed by atoms with E-state index in [-0.39, 0.29) is 11.7 Å².